The number of carbonyl (C=O) groups is 1. The minimum atomic E-state index is -0.479. The smallest absolute Gasteiger partial charge is 0.315 e. The molecule has 26 heavy (non-hydrogen) atoms. The average molecular weight is 431 g/mol. The molecule has 1 aromatic heterocycles. The number of benzene rings is 2. The molecule has 3 aromatic rings. The lowest BCUT2D eigenvalue weighted by Gasteiger charge is -2.06. The number of fused-ring (bicyclic) bond motifs is 1. The van der Waals surface area contributed by atoms with E-state index in [0.717, 1.165) is 20.4 Å². The van der Waals surface area contributed by atoms with Gasteiger partial charge in [-0.3, -0.25) is 9.59 Å². The van der Waals surface area contributed by atoms with Gasteiger partial charge in [-0.15, -0.1) is 0 Å². The Kier molecular flexibility index (Phi) is 4.01. The summed E-state index contributed by atoms with van der Waals surface area (Å²) in [5.41, 5.74) is 0.675. The van der Waals surface area contributed by atoms with Gasteiger partial charge in [0.1, 0.15) is 10.6 Å². The van der Waals surface area contributed by atoms with Crippen molar-refractivity contribution >= 4 is 38.7 Å². The summed E-state index contributed by atoms with van der Waals surface area (Å²) in [5.74, 6) is -0.220. The van der Waals surface area contributed by atoms with E-state index < -0.39 is 10.8 Å². The number of aromatic nitrogens is 1. The summed E-state index contributed by atoms with van der Waals surface area (Å²) in [4.78, 5) is 28.7. The third kappa shape index (κ3) is 2.58. The van der Waals surface area contributed by atoms with E-state index in [4.69, 9.17) is 4.74 Å². The first-order valence-electron chi connectivity index (χ1n) is 7.52. The van der Waals surface area contributed by atoms with Crippen LogP contribution in [0, 0.1) is 0 Å². The van der Waals surface area contributed by atoms with Crippen molar-refractivity contribution in [2.45, 2.75) is 0 Å². The van der Waals surface area contributed by atoms with E-state index in [2.05, 4.69) is 20.9 Å². The first kappa shape index (κ1) is 16.7. The van der Waals surface area contributed by atoms with Crippen LogP contribution in [0.2, 0.25) is 0 Å². The topological polar surface area (TPSA) is 80.9 Å². The van der Waals surface area contributed by atoms with Gasteiger partial charge < -0.3 is 9.84 Å². The van der Waals surface area contributed by atoms with Crippen molar-refractivity contribution in [3.05, 3.63) is 72.1 Å². The summed E-state index contributed by atoms with van der Waals surface area (Å²) < 4.78 is 7.09. The number of halogens is 1. The number of ether oxygens (including phenoxy) is 1. The van der Waals surface area contributed by atoms with Crippen LogP contribution in [0.5, 0.6) is 11.6 Å². The van der Waals surface area contributed by atoms with E-state index in [1.807, 2.05) is 0 Å². The summed E-state index contributed by atoms with van der Waals surface area (Å²) >= 11 is 4.17. The van der Waals surface area contributed by atoms with Crippen LogP contribution in [0.3, 0.4) is 0 Å². The SMILES string of the molecule is COc1cccc(-n2c(O)c(C3=c4cc(Br)ccc4=NC3=O)sc2=O)c1. The van der Waals surface area contributed by atoms with Gasteiger partial charge in [0.15, 0.2) is 0 Å². The van der Waals surface area contributed by atoms with Crippen LogP contribution in [0.4, 0.5) is 0 Å². The third-order valence-corrected chi connectivity index (χ3v) is 5.43. The van der Waals surface area contributed by atoms with E-state index in [1.165, 1.54) is 7.11 Å². The predicted molar refractivity (Wildman–Crippen MR) is 101 cm³/mol. The van der Waals surface area contributed by atoms with Crippen molar-refractivity contribution in [1.29, 1.82) is 0 Å². The lowest BCUT2D eigenvalue weighted by Crippen LogP contribution is -2.22. The van der Waals surface area contributed by atoms with Crippen LogP contribution >= 0.6 is 27.3 Å². The zero-order chi connectivity index (χ0) is 18.4. The molecule has 0 unspecified atom stereocenters. The van der Waals surface area contributed by atoms with Gasteiger partial charge in [-0.2, -0.15) is 0 Å². The second kappa shape index (κ2) is 6.22. The van der Waals surface area contributed by atoms with Crippen molar-refractivity contribution in [2.75, 3.05) is 7.11 Å². The first-order chi connectivity index (χ1) is 12.5. The number of carbonyl (C=O) groups excluding carboxylic acids is 1. The van der Waals surface area contributed by atoms with Crippen LogP contribution in [-0.2, 0) is 4.79 Å². The fourth-order valence-electron chi connectivity index (χ4n) is 2.81. The highest BCUT2D eigenvalue weighted by Crippen LogP contribution is 2.31. The van der Waals surface area contributed by atoms with Crippen molar-refractivity contribution in [3.8, 4) is 17.3 Å². The monoisotopic (exact) mass is 430 g/mol. The predicted octanol–water partition coefficient (Wildman–Crippen LogP) is 1.73. The Morgan fingerprint density at radius 1 is 1.19 bits per heavy atom. The molecule has 1 N–H and O–H groups in total. The third-order valence-electron chi connectivity index (χ3n) is 3.99. The van der Waals surface area contributed by atoms with Gasteiger partial charge in [-0.1, -0.05) is 33.3 Å². The van der Waals surface area contributed by atoms with E-state index in [-0.39, 0.29) is 16.3 Å². The Morgan fingerprint density at radius 2 is 2.00 bits per heavy atom. The molecule has 0 saturated carbocycles. The summed E-state index contributed by atoms with van der Waals surface area (Å²) in [5, 5.41) is 11.8. The number of rotatable bonds is 3. The Bertz CT molecular complexity index is 1240. The Hall–Kier alpha value is -2.71. The maximum absolute atomic E-state index is 12.5. The molecule has 0 spiro atoms. The highest BCUT2D eigenvalue weighted by atomic mass is 79.9. The number of methoxy groups -OCH3 is 1. The Labute approximate surface area is 159 Å². The molecule has 1 aliphatic heterocycles. The molecule has 0 radical (unpaired) electrons. The lowest BCUT2D eigenvalue weighted by atomic mass is 10.1. The lowest BCUT2D eigenvalue weighted by molar-refractivity contribution is -0.112. The fourth-order valence-corrected chi connectivity index (χ4v) is 4.11. The molecule has 4 rings (SSSR count). The largest absolute Gasteiger partial charge is 0.497 e. The number of hydrogen-bond donors (Lipinski definition) is 1. The van der Waals surface area contributed by atoms with Crippen LogP contribution < -0.4 is 20.2 Å². The molecule has 2 heterocycles. The summed E-state index contributed by atoms with van der Waals surface area (Å²) in [7, 11) is 1.52. The Morgan fingerprint density at radius 3 is 2.77 bits per heavy atom. The van der Waals surface area contributed by atoms with E-state index in [9.17, 15) is 14.7 Å². The van der Waals surface area contributed by atoms with Gasteiger partial charge in [0, 0.05) is 15.8 Å². The molecular weight excluding hydrogens is 420 g/mol. The quantitative estimate of drug-likeness (QED) is 0.685. The van der Waals surface area contributed by atoms with Gasteiger partial charge in [0.2, 0.25) is 5.88 Å². The minimum Gasteiger partial charge on any atom is -0.497 e. The van der Waals surface area contributed by atoms with Crippen molar-refractivity contribution in [3.63, 3.8) is 0 Å². The number of thiazole rings is 1. The highest BCUT2D eigenvalue weighted by Gasteiger charge is 2.26. The molecule has 1 aliphatic rings. The standard InChI is InChI=1S/C18H11BrN2O4S/c1-25-11-4-2-3-10(8-11)21-17(23)15(26-18(21)24)14-12-7-9(19)5-6-13(12)20-16(14)22/h2-8,23H,1H3. The maximum Gasteiger partial charge on any atom is 0.315 e. The zero-order valence-electron chi connectivity index (χ0n) is 13.4. The van der Waals surface area contributed by atoms with Crippen molar-refractivity contribution in [1.82, 2.24) is 4.57 Å². The summed E-state index contributed by atoms with van der Waals surface area (Å²) in [6.07, 6.45) is 0. The molecule has 0 atom stereocenters. The summed E-state index contributed by atoms with van der Waals surface area (Å²) in [6.45, 7) is 0. The average Bonchev–Trinajstić information content (AvgIpc) is 3.09. The first-order valence-corrected chi connectivity index (χ1v) is 9.13. The van der Waals surface area contributed by atoms with Crippen LogP contribution in [0.1, 0.15) is 4.88 Å². The van der Waals surface area contributed by atoms with Gasteiger partial charge in [0.05, 0.1) is 23.7 Å². The van der Waals surface area contributed by atoms with Crippen molar-refractivity contribution in [2.24, 2.45) is 4.99 Å². The molecule has 0 saturated heterocycles. The van der Waals surface area contributed by atoms with Gasteiger partial charge in [-0.05, 0) is 30.3 Å². The second-order valence-electron chi connectivity index (χ2n) is 5.51. The van der Waals surface area contributed by atoms with E-state index in [1.54, 1.807) is 42.5 Å². The van der Waals surface area contributed by atoms with Crippen LogP contribution in [0.25, 0.3) is 11.3 Å². The summed E-state index contributed by atoms with van der Waals surface area (Å²) in [6, 6.07) is 12.0. The van der Waals surface area contributed by atoms with Crippen LogP contribution in [0.15, 0.2) is 56.7 Å². The molecule has 2 aromatic carbocycles. The van der Waals surface area contributed by atoms with Gasteiger partial charge in [-0.25, -0.2) is 9.56 Å². The molecule has 1 amide bonds. The molecule has 0 bridgehead atoms. The van der Waals surface area contributed by atoms with E-state index in [0.29, 0.717) is 22.0 Å². The number of amides is 1. The molecule has 0 aliphatic carbocycles. The van der Waals surface area contributed by atoms with E-state index >= 15 is 0 Å². The fraction of sp³-hybridized carbons (Fsp3) is 0.0556. The van der Waals surface area contributed by atoms with Crippen molar-refractivity contribution < 1.29 is 14.6 Å². The highest BCUT2D eigenvalue weighted by molar-refractivity contribution is 9.10. The van der Waals surface area contributed by atoms with Crippen LogP contribution in [-0.4, -0.2) is 22.7 Å². The molecule has 6 nitrogen and oxygen atoms in total. The number of aromatic hydroxyl groups is 1. The second-order valence-corrected chi connectivity index (χ2v) is 7.39. The molecule has 130 valence electrons. The zero-order valence-corrected chi connectivity index (χ0v) is 15.8. The molecule has 0 fully saturated rings. The Balaban J connectivity index is 1.99. The van der Waals surface area contributed by atoms with Gasteiger partial charge >= 0.3 is 4.87 Å². The number of nitrogens with zero attached hydrogens (tertiary/aromatic N) is 2. The normalized spacial score (nSPS) is 12.8. The molecular formula is C18H11BrN2O4S. The van der Waals surface area contributed by atoms with Gasteiger partial charge in [0.25, 0.3) is 5.91 Å². The molecule has 8 heteroatoms. The maximum atomic E-state index is 12.5. The minimum absolute atomic E-state index is 0.198. The number of hydrogen-bond acceptors (Lipinski definition) is 5.